The van der Waals surface area contributed by atoms with Crippen LogP contribution in [-0.4, -0.2) is 55.7 Å². The Balaban J connectivity index is 2.06. The summed E-state index contributed by atoms with van der Waals surface area (Å²) in [7, 11) is 2.08. The fourth-order valence-corrected chi connectivity index (χ4v) is 2.22. The van der Waals surface area contributed by atoms with E-state index in [2.05, 4.69) is 22.6 Å². The first-order valence-corrected chi connectivity index (χ1v) is 7.71. The van der Waals surface area contributed by atoms with Gasteiger partial charge < -0.3 is 20.3 Å². The summed E-state index contributed by atoms with van der Waals surface area (Å²) in [6.45, 7) is 8.54. The first kappa shape index (κ1) is 17.8. The Hall–Kier alpha value is -1.30. The second-order valence-electron chi connectivity index (χ2n) is 6.65. The highest BCUT2D eigenvalue weighted by atomic mass is 16.6. The first-order chi connectivity index (χ1) is 9.78. The number of carbonyl (C=O) groups is 2. The van der Waals surface area contributed by atoms with Gasteiger partial charge in [0.15, 0.2) is 0 Å². The molecule has 1 fully saturated rings. The van der Waals surface area contributed by atoms with E-state index in [4.69, 9.17) is 4.74 Å². The molecular formula is C15H29N3O3. The number of ether oxygens (including phenoxy) is 1. The Kier molecular flexibility index (Phi) is 6.95. The number of nitrogens with zero attached hydrogens (tertiary/aromatic N) is 1. The molecule has 6 nitrogen and oxygen atoms in total. The number of hydrogen-bond acceptors (Lipinski definition) is 4. The van der Waals surface area contributed by atoms with Crippen LogP contribution in [0.2, 0.25) is 0 Å². The highest BCUT2D eigenvalue weighted by Crippen LogP contribution is 2.15. The molecule has 0 aromatic rings. The third-order valence-corrected chi connectivity index (χ3v) is 3.41. The predicted molar refractivity (Wildman–Crippen MR) is 82.1 cm³/mol. The molecule has 0 unspecified atom stereocenters. The van der Waals surface area contributed by atoms with Gasteiger partial charge in [-0.2, -0.15) is 0 Å². The average molecular weight is 299 g/mol. The van der Waals surface area contributed by atoms with E-state index in [-0.39, 0.29) is 11.8 Å². The maximum Gasteiger partial charge on any atom is 0.407 e. The number of hydrogen-bond donors (Lipinski definition) is 2. The van der Waals surface area contributed by atoms with Crippen LogP contribution < -0.4 is 10.6 Å². The molecule has 1 aliphatic rings. The van der Waals surface area contributed by atoms with Crippen LogP contribution in [0.25, 0.3) is 0 Å². The summed E-state index contributed by atoms with van der Waals surface area (Å²) in [6.07, 6.45) is 2.15. The summed E-state index contributed by atoms with van der Waals surface area (Å²) in [4.78, 5) is 25.6. The summed E-state index contributed by atoms with van der Waals surface area (Å²) in [5.74, 6) is 0.278. The Morgan fingerprint density at radius 1 is 1.14 bits per heavy atom. The highest BCUT2D eigenvalue weighted by molar-refractivity contribution is 5.78. The Bertz CT molecular complexity index is 345. The molecule has 0 saturated carbocycles. The molecule has 1 saturated heterocycles. The molecule has 0 atom stereocenters. The van der Waals surface area contributed by atoms with Crippen molar-refractivity contribution < 1.29 is 14.3 Å². The zero-order valence-electron chi connectivity index (χ0n) is 13.7. The minimum Gasteiger partial charge on any atom is -0.444 e. The number of alkyl carbamates (subject to hydrolysis) is 1. The number of likely N-dealkylation sites (tertiary alicyclic amines) is 1. The van der Waals surface area contributed by atoms with E-state index in [9.17, 15) is 9.59 Å². The summed E-state index contributed by atoms with van der Waals surface area (Å²) in [6, 6.07) is 0. The summed E-state index contributed by atoms with van der Waals surface area (Å²) in [5.41, 5.74) is -0.480. The fourth-order valence-electron chi connectivity index (χ4n) is 2.22. The number of piperidine rings is 1. The lowest BCUT2D eigenvalue weighted by Gasteiger charge is -2.28. The maximum absolute atomic E-state index is 11.9. The molecule has 0 bridgehead atoms. The lowest BCUT2D eigenvalue weighted by atomic mass is 9.96. The molecular weight excluding hydrogens is 270 g/mol. The molecule has 1 aliphatic heterocycles. The van der Waals surface area contributed by atoms with Gasteiger partial charge in [-0.3, -0.25) is 4.79 Å². The van der Waals surface area contributed by atoms with Crippen LogP contribution in [0.15, 0.2) is 0 Å². The lowest BCUT2D eigenvalue weighted by Crippen LogP contribution is -2.40. The number of rotatable bonds is 5. The Morgan fingerprint density at radius 3 is 2.29 bits per heavy atom. The van der Waals surface area contributed by atoms with Gasteiger partial charge in [-0.05, 0) is 60.2 Å². The van der Waals surface area contributed by atoms with E-state index in [1.807, 2.05) is 20.8 Å². The molecule has 1 heterocycles. The molecule has 122 valence electrons. The monoisotopic (exact) mass is 299 g/mol. The predicted octanol–water partition coefficient (Wildman–Crippen LogP) is 1.36. The van der Waals surface area contributed by atoms with Crippen LogP contribution >= 0.6 is 0 Å². The zero-order chi connectivity index (χ0) is 15.9. The molecule has 0 spiro atoms. The quantitative estimate of drug-likeness (QED) is 0.752. The lowest BCUT2D eigenvalue weighted by molar-refractivity contribution is -0.126. The molecule has 0 aromatic carbocycles. The van der Waals surface area contributed by atoms with Gasteiger partial charge in [0.1, 0.15) is 5.60 Å². The van der Waals surface area contributed by atoms with Crippen LogP contribution in [0.5, 0.6) is 0 Å². The van der Waals surface area contributed by atoms with Crippen molar-refractivity contribution in [3.63, 3.8) is 0 Å². The second-order valence-corrected chi connectivity index (χ2v) is 6.65. The normalized spacial score (nSPS) is 17.3. The van der Waals surface area contributed by atoms with E-state index in [1.165, 1.54) is 0 Å². The van der Waals surface area contributed by atoms with Gasteiger partial charge in [0.25, 0.3) is 0 Å². The molecule has 2 amide bonds. The third-order valence-electron chi connectivity index (χ3n) is 3.41. The minimum absolute atomic E-state index is 0.139. The van der Waals surface area contributed by atoms with E-state index in [1.54, 1.807) is 0 Å². The standard InChI is InChI=1S/C15H29N3O3/c1-15(2,3)21-14(20)17-9-5-8-16-13(19)12-6-10-18(4)11-7-12/h12H,5-11H2,1-4H3,(H,16,19)(H,17,20). The van der Waals surface area contributed by atoms with Gasteiger partial charge in [-0.15, -0.1) is 0 Å². The zero-order valence-corrected chi connectivity index (χ0v) is 13.7. The van der Waals surface area contributed by atoms with E-state index in [0.29, 0.717) is 19.5 Å². The van der Waals surface area contributed by atoms with Gasteiger partial charge >= 0.3 is 6.09 Å². The number of carbonyl (C=O) groups excluding carboxylic acids is 2. The first-order valence-electron chi connectivity index (χ1n) is 7.71. The highest BCUT2D eigenvalue weighted by Gasteiger charge is 2.22. The fraction of sp³-hybridized carbons (Fsp3) is 0.867. The second kappa shape index (κ2) is 8.22. The minimum atomic E-state index is -0.480. The molecule has 0 aliphatic carbocycles. The van der Waals surface area contributed by atoms with Crippen molar-refractivity contribution in [1.82, 2.24) is 15.5 Å². The van der Waals surface area contributed by atoms with Crippen LogP contribution in [0.3, 0.4) is 0 Å². The summed E-state index contributed by atoms with van der Waals surface area (Å²) >= 11 is 0. The van der Waals surface area contributed by atoms with Gasteiger partial charge in [-0.25, -0.2) is 4.79 Å². The largest absolute Gasteiger partial charge is 0.444 e. The summed E-state index contributed by atoms with van der Waals surface area (Å²) < 4.78 is 5.13. The van der Waals surface area contributed by atoms with Crippen LogP contribution in [0, 0.1) is 5.92 Å². The summed E-state index contributed by atoms with van der Waals surface area (Å²) in [5, 5.41) is 5.62. The molecule has 21 heavy (non-hydrogen) atoms. The van der Waals surface area contributed by atoms with Gasteiger partial charge in [0, 0.05) is 19.0 Å². The van der Waals surface area contributed by atoms with Crippen molar-refractivity contribution in [1.29, 1.82) is 0 Å². The van der Waals surface area contributed by atoms with E-state index < -0.39 is 11.7 Å². The average Bonchev–Trinajstić information content (AvgIpc) is 2.36. The Morgan fingerprint density at radius 2 is 1.71 bits per heavy atom. The molecule has 2 N–H and O–H groups in total. The van der Waals surface area contributed by atoms with Crippen molar-refractivity contribution in [2.45, 2.75) is 45.6 Å². The van der Waals surface area contributed by atoms with Crippen molar-refractivity contribution >= 4 is 12.0 Å². The molecule has 0 aromatic heterocycles. The van der Waals surface area contributed by atoms with Gasteiger partial charge in [0.2, 0.25) is 5.91 Å². The Labute approximate surface area is 127 Å². The van der Waals surface area contributed by atoms with E-state index >= 15 is 0 Å². The van der Waals surface area contributed by atoms with Crippen LogP contribution in [0.4, 0.5) is 4.79 Å². The van der Waals surface area contributed by atoms with Crippen molar-refractivity contribution in [2.24, 2.45) is 5.92 Å². The van der Waals surface area contributed by atoms with Crippen LogP contribution in [0.1, 0.15) is 40.0 Å². The number of amides is 2. The molecule has 6 heteroatoms. The van der Waals surface area contributed by atoms with Crippen LogP contribution in [-0.2, 0) is 9.53 Å². The maximum atomic E-state index is 11.9. The third kappa shape index (κ3) is 7.90. The van der Waals surface area contributed by atoms with Crippen molar-refractivity contribution in [3.05, 3.63) is 0 Å². The smallest absolute Gasteiger partial charge is 0.407 e. The van der Waals surface area contributed by atoms with Gasteiger partial charge in [0.05, 0.1) is 0 Å². The van der Waals surface area contributed by atoms with Crippen molar-refractivity contribution in [3.8, 4) is 0 Å². The van der Waals surface area contributed by atoms with E-state index in [0.717, 1.165) is 25.9 Å². The molecule has 1 rings (SSSR count). The molecule has 0 radical (unpaired) electrons. The van der Waals surface area contributed by atoms with Crippen molar-refractivity contribution in [2.75, 3.05) is 33.2 Å². The number of nitrogens with one attached hydrogen (secondary N) is 2. The SMILES string of the molecule is CN1CCC(C(=O)NCCCNC(=O)OC(C)(C)C)CC1. The van der Waals surface area contributed by atoms with Gasteiger partial charge in [-0.1, -0.05) is 0 Å². The topological polar surface area (TPSA) is 70.7 Å².